The molecule has 3 heterocycles. The van der Waals surface area contributed by atoms with Gasteiger partial charge in [-0.05, 0) is 43.5 Å². The average Bonchev–Trinajstić information content (AvgIpc) is 3.64. The standard InChI is InChI=1S/C30H30F2N4O8/c1-16(37)33-11-19-12-36(29(41)44-19)18-4-5-26(23(32)8-18)43-15-30(42)6-7-34(14-30)25-10-24-20(9-22(25)31)27(38)21(28(39)40)13-35(24)17-2-3-17/h4-5,8-10,13,17,19,42H,2-3,6-7,11-12,14-15H2,1H3,(H,33,37)(H,39,40)/t19-,30?/m0/s1. The fourth-order valence-electron chi connectivity index (χ4n) is 5.67. The summed E-state index contributed by atoms with van der Waals surface area (Å²) in [6.07, 6.45) is 1.85. The Morgan fingerprint density at radius 3 is 2.61 bits per heavy atom. The third-order valence-electron chi connectivity index (χ3n) is 8.12. The van der Waals surface area contributed by atoms with Crippen LogP contribution in [0.1, 0.15) is 42.6 Å². The van der Waals surface area contributed by atoms with Gasteiger partial charge in [0.25, 0.3) is 0 Å². The number of amides is 2. The van der Waals surface area contributed by atoms with Crippen molar-refractivity contribution in [2.75, 3.05) is 42.6 Å². The lowest BCUT2D eigenvalue weighted by Gasteiger charge is -2.25. The Balaban J connectivity index is 1.15. The van der Waals surface area contributed by atoms with Gasteiger partial charge in [-0.1, -0.05) is 0 Å². The van der Waals surface area contributed by atoms with Crippen LogP contribution in [0.15, 0.2) is 41.3 Å². The molecule has 3 fully saturated rings. The number of rotatable bonds is 9. The van der Waals surface area contributed by atoms with Crippen molar-refractivity contribution in [3.8, 4) is 5.75 Å². The van der Waals surface area contributed by atoms with Gasteiger partial charge >= 0.3 is 12.1 Å². The molecule has 3 aromatic rings. The minimum Gasteiger partial charge on any atom is -0.487 e. The zero-order chi connectivity index (χ0) is 31.3. The van der Waals surface area contributed by atoms with E-state index in [0.29, 0.717) is 5.52 Å². The van der Waals surface area contributed by atoms with Crippen molar-refractivity contribution < 1.29 is 42.9 Å². The molecule has 2 amide bonds. The number of carboxylic acids is 1. The number of β-amino-alcohol motifs (C(OH)–C–C–N with tert-alkyl or cyclic N) is 1. The molecule has 0 bridgehead atoms. The van der Waals surface area contributed by atoms with Gasteiger partial charge in [0, 0.05) is 37.2 Å². The van der Waals surface area contributed by atoms with E-state index in [9.17, 15) is 33.8 Å². The van der Waals surface area contributed by atoms with Gasteiger partial charge in [-0.2, -0.15) is 0 Å². The van der Waals surface area contributed by atoms with Gasteiger partial charge in [-0.15, -0.1) is 0 Å². The fourth-order valence-corrected chi connectivity index (χ4v) is 5.67. The van der Waals surface area contributed by atoms with E-state index < -0.39 is 46.4 Å². The number of carboxylic acid groups (broad SMARTS) is 1. The molecule has 2 aliphatic heterocycles. The molecule has 232 valence electrons. The number of carbonyl (C=O) groups excluding carboxylic acids is 2. The number of benzene rings is 2. The number of aromatic carboxylic acids is 1. The number of nitrogens with one attached hydrogen (secondary N) is 1. The minimum absolute atomic E-state index is 0.0148. The quantitative estimate of drug-likeness (QED) is 0.332. The molecular weight excluding hydrogens is 582 g/mol. The summed E-state index contributed by atoms with van der Waals surface area (Å²) in [7, 11) is 0. The van der Waals surface area contributed by atoms with Gasteiger partial charge in [0.05, 0.1) is 36.5 Å². The van der Waals surface area contributed by atoms with Crippen LogP contribution in [-0.2, 0) is 9.53 Å². The third-order valence-corrected chi connectivity index (χ3v) is 8.12. The highest BCUT2D eigenvalue weighted by Gasteiger charge is 2.39. The molecule has 2 aromatic carbocycles. The van der Waals surface area contributed by atoms with E-state index in [0.717, 1.165) is 25.0 Å². The van der Waals surface area contributed by atoms with E-state index in [2.05, 4.69) is 5.32 Å². The molecule has 1 unspecified atom stereocenters. The lowest BCUT2D eigenvalue weighted by Crippen LogP contribution is -2.39. The number of fused-ring (bicyclic) bond motifs is 1. The zero-order valence-corrected chi connectivity index (χ0v) is 23.7. The number of carbonyl (C=O) groups is 3. The molecule has 14 heteroatoms. The largest absolute Gasteiger partial charge is 0.487 e. The molecule has 0 radical (unpaired) electrons. The van der Waals surface area contributed by atoms with Crippen LogP contribution in [0.4, 0.5) is 25.0 Å². The monoisotopic (exact) mass is 612 g/mol. The van der Waals surface area contributed by atoms with Crippen molar-refractivity contribution in [1.82, 2.24) is 9.88 Å². The van der Waals surface area contributed by atoms with Crippen molar-refractivity contribution in [2.24, 2.45) is 0 Å². The second-order valence-electron chi connectivity index (χ2n) is 11.5. The van der Waals surface area contributed by atoms with Crippen LogP contribution in [0.5, 0.6) is 5.75 Å². The normalized spacial score (nSPS) is 21.5. The maximum atomic E-state index is 15.3. The van der Waals surface area contributed by atoms with Crippen LogP contribution >= 0.6 is 0 Å². The Hall–Kier alpha value is -4.72. The van der Waals surface area contributed by atoms with Gasteiger partial charge < -0.3 is 34.5 Å². The van der Waals surface area contributed by atoms with Gasteiger partial charge in [0.15, 0.2) is 11.6 Å². The van der Waals surface area contributed by atoms with Gasteiger partial charge in [0.1, 0.15) is 29.7 Å². The number of aromatic nitrogens is 1. The van der Waals surface area contributed by atoms with E-state index >= 15 is 4.39 Å². The first-order valence-corrected chi connectivity index (χ1v) is 14.2. The number of hydrogen-bond acceptors (Lipinski definition) is 8. The molecule has 1 saturated carbocycles. The second kappa shape index (κ2) is 11.1. The van der Waals surface area contributed by atoms with Gasteiger partial charge in [-0.3, -0.25) is 14.5 Å². The molecular formula is C30H30F2N4O8. The van der Waals surface area contributed by atoms with Crippen molar-refractivity contribution in [3.05, 3.63) is 63.9 Å². The van der Waals surface area contributed by atoms with Crippen LogP contribution in [0.2, 0.25) is 0 Å². The van der Waals surface area contributed by atoms with E-state index in [1.54, 1.807) is 9.47 Å². The highest BCUT2D eigenvalue weighted by molar-refractivity contribution is 5.94. The van der Waals surface area contributed by atoms with Crippen molar-refractivity contribution in [2.45, 2.75) is 43.9 Å². The summed E-state index contributed by atoms with van der Waals surface area (Å²) in [6, 6.07) is 6.49. The fraction of sp³-hybridized carbons (Fsp3) is 0.400. The first-order chi connectivity index (χ1) is 20.9. The Morgan fingerprint density at radius 2 is 1.93 bits per heavy atom. The predicted octanol–water partition coefficient (Wildman–Crippen LogP) is 2.79. The Morgan fingerprint density at radius 1 is 1.16 bits per heavy atom. The number of hydrogen-bond donors (Lipinski definition) is 3. The summed E-state index contributed by atoms with van der Waals surface area (Å²) in [4.78, 5) is 50.6. The molecule has 2 saturated heterocycles. The van der Waals surface area contributed by atoms with Gasteiger partial charge in [-0.25, -0.2) is 18.4 Å². The topological polar surface area (TPSA) is 151 Å². The summed E-state index contributed by atoms with van der Waals surface area (Å²) < 4.78 is 42.8. The molecule has 44 heavy (non-hydrogen) atoms. The van der Waals surface area contributed by atoms with E-state index in [4.69, 9.17) is 9.47 Å². The molecule has 3 aliphatic rings. The minimum atomic E-state index is -1.45. The number of nitrogens with zero attached hydrogens (tertiary/aromatic N) is 3. The van der Waals surface area contributed by atoms with E-state index in [1.165, 1.54) is 36.2 Å². The first-order valence-electron chi connectivity index (χ1n) is 14.2. The Kier molecular flexibility index (Phi) is 7.40. The SMILES string of the molecule is CC(=O)NC[C@H]1CN(c2ccc(OCC3(O)CCN(c4cc5c(cc4F)c(=O)c(C(=O)O)cn5C4CC4)C3)c(F)c2)C(=O)O1. The third kappa shape index (κ3) is 5.64. The number of halogens is 2. The molecule has 3 N–H and O–H groups in total. The number of aliphatic hydroxyl groups is 1. The average molecular weight is 613 g/mol. The van der Waals surface area contributed by atoms with Crippen LogP contribution in [-0.4, -0.2) is 77.2 Å². The van der Waals surface area contributed by atoms with E-state index in [1.807, 2.05) is 0 Å². The smallest absolute Gasteiger partial charge is 0.414 e. The molecule has 0 spiro atoms. The predicted molar refractivity (Wildman–Crippen MR) is 153 cm³/mol. The van der Waals surface area contributed by atoms with E-state index in [-0.39, 0.29) is 73.7 Å². The summed E-state index contributed by atoms with van der Waals surface area (Å²) in [5.74, 6) is -3.29. The lowest BCUT2D eigenvalue weighted by atomic mass is 10.1. The van der Waals surface area contributed by atoms with Crippen LogP contribution in [0, 0.1) is 11.6 Å². The lowest BCUT2D eigenvalue weighted by molar-refractivity contribution is -0.119. The molecule has 1 aliphatic carbocycles. The second-order valence-corrected chi connectivity index (χ2v) is 11.5. The zero-order valence-electron chi connectivity index (χ0n) is 23.7. The Labute approximate surface area is 249 Å². The number of ether oxygens (including phenoxy) is 2. The van der Waals surface area contributed by atoms with Gasteiger partial charge in [0.2, 0.25) is 11.3 Å². The summed E-state index contributed by atoms with van der Waals surface area (Å²) in [5.41, 5.74) is -1.84. The summed E-state index contributed by atoms with van der Waals surface area (Å²) >= 11 is 0. The Bertz CT molecular complexity index is 1740. The molecule has 1 aromatic heterocycles. The number of anilines is 2. The van der Waals surface area contributed by atoms with Crippen molar-refractivity contribution in [3.63, 3.8) is 0 Å². The van der Waals surface area contributed by atoms with Crippen LogP contribution in [0.25, 0.3) is 10.9 Å². The highest BCUT2D eigenvalue weighted by atomic mass is 19.1. The highest BCUT2D eigenvalue weighted by Crippen LogP contribution is 2.39. The maximum Gasteiger partial charge on any atom is 0.414 e. The van der Waals surface area contributed by atoms with Crippen LogP contribution in [0.3, 0.4) is 0 Å². The molecule has 6 rings (SSSR count). The van der Waals surface area contributed by atoms with Crippen LogP contribution < -0.4 is 25.3 Å². The molecule has 2 atom stereocenters. The molecule has 12 nitrogen and oxygen atoms in total. The summed E-state index contributed by atoms with van der Waals surface area (Å²) in [6.45, 7) is 1.52. The van der Waals surface area contributed by atoms with Crippen molar-refractivity contribution >= 4 is 40.2 Å². The first kappa shape index (κ1) is 29.4. The van der Waals surface area contributed by atoms with Crippen molar-refractivity contribution in [1.29, 1.82) is 0 Å². The summed E-state index contributed by atoms with van der Waals surface area (Å²) in [5, 5.41) is 23.2. The number of cyclic esters (lactones) is 1. The number of pyridine rings is 1. The maximum absolute atomic E-state index is 15.3.